The molecule has 5 nitrogen and oxygen atoms in total. The summed E-state index contributed by atoms with van der Waals surface area (Å²) in [5.74, 6) is 0.174. The van der Waals surface area contributed by atoms with Gasteiger partial charge in [-0.3, -0.25) is 0 Å². The molecule has 0 aromatic carbocycles. The van der Waals surface area contributed by atoms with Crippen LogP contribution in [0.2, 0.25) is 0 Å². The van der Waals surface area contributed by atoms with Crippen LogP contribution in [0.3, 0.4) is 0 Å². The molecule has 0 amide bonds. The highest BCUT2D eigenvalue weighted by molar-refractivity contribution is 7.12. The number of ether oxygens (including phenoxy) is 1. The van der Waals surface area contributed by atoms with E-state index in [2.05, 4.69) is 5.16 Å². The van der Waals surface area contributed by atoms with Crippen molar-refractivity contribution in [2.24, 2.45) is 0 Å². The number of hydrogen-bond acceptors (Lipinski definition) is 5. The molecule has 20 heavy (non-hydrogen) atoms. The molecule has 3 aromatic heterocycles. The fourth-order valence-corrected chi connectivity index (χ4v) is 2.62. The lowest BCUT2D eigenvalue weighted by molar-refractivity contribution is 0.0443. The van der Waals surface area contributed by atoms with Crippen molar-refractivity contribution < 1.29 is 14.1 Å². The minimum atomic E-state index is -0.363. The first-order chi connectivity index (χ1) is 9.74. The van der Waals surface area contributed by atoms with Crippen LogP contribution in [0.25, 0.3) is 5.69 Å². The van der Waals surface area contributed by atoms with Gasteiger partial charge < -0.3 is 13.8 Å². The van der Waals surface area contributed by atoms with Crippen LogP contribution in [-0.2, 0) is 11.3 Å². The van der Waals surface area contributed by atoms with Crippen molar-refractivity contribution >= 4 is 17.3 Å². The van der Waals surface area contributed by atoms with Gasteiger partial charge in [-0.25, -0.2) is 4.79 Å². The molecule has 0 saturated heterocycles. The van der Waals surface area contributed by atoms with Gasteiger partial charge in [0.2, 0.25) is 0 Å². The molecule has 102 valence electrons. The quantitative estimate of drug-likeness (QED) is 0.692. The van der Waals surface area contributed by atoms with Crippen LogP contribution in [0.1, 0.15) is 21.1 Å². The fourth-order valence-electron chi connectivity index (χ4n) is 1.84. The second-order valence-electron chi connectivity index (χ2n) is 4.24. The third-order valence-electron chi connectivity index (χ3n) is 2.73. The summed E-state index contributed by atoms with van der Waals surface area (Å²) < 4.78 is 12.1. The maximum Gasteiger partial charge on any atom is 0.350 e. The van der Waals surface area contributed by atoms with Crippen molar-refractivity contribution in [3.05, 3.63) is 58.4 Å². The lowest BCUT2D eigenvalue weighted by Crippen LogP contribution is -2.06. The average molecular weight is 288 g/mol. The first kappa shape index (κ1) is 12.7. The monoisotopic (exact) mass is 288 g/mol. The van der Waals surface area contributed by atoms with Gasteiger partial charge in [-0.1, -0.05) is 5.16 Å². The summed E-state index contributed by atoms with van der Waals surface area (Å²) in [6, 6.07) is 7.45. The number of carbonyl (C=O) groups excluding carboxylic acids is 1. The van der Waals surface area contributed by atoms with E-state index in [1.807, 2.05) is 47.5 Å². The predicted molar refractivity (Wildman–Crippen MR) is 74.0 cm³/mol. The number of esters is 1. The van der Waals surface area contributed by atoms with Gasteiger partial charge in [0.05, 0.1) is 11.4 Å². The number of nitrogens with zero attached hydrogens (tertiary/aromatic N) is 2. The van der Waals surface area contributed by atoms with Crippen LogP contribution in [0.15, 0.2) is 46.6 Å². The molecular weight excluding hydrogens is 276 g/mol. The third-order valence-corrected chi connectivity index (χ3v) is 3.62. The third kappa shape index (κ3) is 2.50. The highest BCUT2D eigenvalue weighted by atomic mass is 32.1. The van der Waals surface area contributed by atoms with Crippen LogP contribution in [0, 0.1) is 6.92 Å². The molecule has 0 atom stereocenters. The summed E-state index contributed by atoms with van der Waals surface area (Å²) in [5, 5.41) is 5.61. The van der Waals surface area contributed by atoms with Gasteiger partial charge in [0, 0.05) is 18.5 Å². The molecule has 0 saturated carbocycles. The van der Waals surface area contributed by atoms with Crippen molar-refractivity contribution in [1.82, 2.24) is 9.72 Å². The van der Waals surface area contributed by atoms with Gasteiger partial charge in [0.25, 0.3) is 0 Å². The molecule has 0 aliphatic rings. The molecule has 0 N–H and O–H groups in total. The Kier molecular flexibility index (Phi) is 3.39. The number of thiophene rings is 1. The summed E-state index contributed by atoms with van der Waals surface area (Å²) in [7, 11) is 0. The molecule has 0 radical (unpaired) electrons. The van der Waals surface area contributed by atoms with Gasteiger partial charge in [0.1, 0.15) is 4.88 Å². The number of aryl methyl sites for hydroxylation is 1. The molecule has 0 aliphatic carbocycles. The predicted octanol–water partition coefficient (Wildman–Crippen LogP) is 3.19. The fraction of sp³-hybridized carbons (Fsp3) is 0.143. The lowest BCUT2D eigenvalue weighted by atomic mass is 10.4. The van der Waals surface area contributed by atoms with Crippen molar-refractivity contribution in [1.29, 1.82) is 0 Å². The first-order valence-corrected chi connectivity index (χ1v) is 6.92. The standard InChI is InChI=1S/C14H12N2O3S/c1-10-8-11(19-15-10)9-18-14(17)13-12(4-7-20-13)16-5-2-3-6-16/h2-8H,9H2,1H3. The van der Waals surface area contributed by atoms with E-state index in [1.54, 1.807) is 6.07 Å². The van der Waals surface area contributed by atoms with E-state index in [0.29, 0.717) is 10.6 Å². The topological polar surface area (TPSA) is 57.3 Å². The normalized spacial score (nSPS) is 10.7. The van der Waals surface area contributed by atoms with E-state index in [1.165, 1.54) is 11.3 Å². The zero-order chi connectivity index (χ0) is 13.9. The SMILES string of the molecule is Cc1cc(COC(=O)c2sccc2-n2cccc2)on1. The van der Waals surface area contributed by atoms with E-state index in [9.17, 15) is 4.79 Å². The van der Waals surface area contributed by atoms with Gasteiger partial charge in [-0.05, 0) is 30.5 Å². The lowest BCUT2D eigenvalue weighted by Gasteiger charge is -2.04. The molecule has 3 rings (SSSR count). The Morgan fingerprint density at radius 3 is 2.95 bits per heavy atom. The largest absolute Gasteiger partial charge is 0.453 e. The molecule has 0 aliphatic heterocycles. The van der Waals surface area contributed by atoms with Crippen molar-refractivity contribution in [2.75, 3.05) is 0 Å². The van der Waals surface area contributed by atoms with Crippen molar-refractivity contribution in [2.45, 2.75) is 13.5 Å². The van der Waals surface area contributed by atoms with Crippen LogP contribution in [-0.4, -0.2) is 15.7 Å². The van der Waals surface area contributed by atoms with E-state index < -0.39 is 0 Å². The van der Waals surface area contributed by atoms with E-state index in [4.69, 9.17) is 9.26 Å². The average Bonchev–Trinajstić information content (AvgIpc) is 3.16. The molecule has 0 fully saturated rings. The summed E-state index contributed by atoms with van der Waals surface area (Å²) >= 11 is 1.35. The molecular formula is C14H12N2O3S. The Morgan fingerprint density at radius 1 is 1.45 bits per heavy atom. The number of hydrogen-bond donors (Lipinski definition) is 0. The Bertz CT molecular complexity index is 712. The Hall–Kier alpha value is -2.34. The van der Waals surface area contributed by atoms with Gasteiger partial charge >= 0.3 is 5.97 Å². The van der Waals surface area contributed by atoms with Gasteiger partial charge in [0.15, 0.2) is 12.4 Å². The van der Waals surface area contributed by atoms with Crippen LogP contribution < -0.4 is 0 Å². The highest BCUT2D eigenvalue weighted by Crippen LogP contribution is 2.22. The summed E-state index contributed by atoms with van der Waals surface area (Å²) in [4.78, 5) is 12.7. The first-order valence-electron chi connectivity index (χ1n) is 6.04. The van der Waals surface area contributed by atoms with Gasteiger partial charge in [-0.15, -0.1) is 11.3 Å². The molecule has 0 bridgehead atoms. The minimum absolute atomic E-state index is 0.0860. The Balaban J connectivity index is 1.73. The van der Waals surface area contributed by atoms with E-state index >= 15 is 0 Å². The highest BCUT2D eigenvalue weighted by Gasteiger charge is 2.16. The number of carbonyl (C=O) groups is 1. The van der Waals surface area contributed by atoms with Crippen LogP contribution >= 0.6 is 11.3 Å². The summed E-state index contributed by atoms with van der Waals surface area (Å²) in [6.07, 6.45) is 3.78. The zero-order valence-electron chi connectivity index (χ0n) is 10.8. The summed E-state index contributed by atoms with van der Waals surface area (Å²) in [5.41, 5.74) is 1.58. The second kappa shape index (κ2) is 5.34. The molecule has 0 spiro atoms. The van der Waals surface area contributed by atoms with Crippen molar-refractivity contribution in [3.63, 3.8) is 0 Å². The maximum absolute atomic E-state index is 12.1. The zero-order valence-corrected chi connectivity index (χ0v) is 11.6. The summed E-state index contributed by atoms with van der Waals surface area (Å²) in [6.45, 7) is 1.90. The number of aromatic nitrogens is 2. The Labute approximate surface area is 119 Å². The minimum Gasteiger partial charge on any atom is -0.453 e. The van der Waals surface area contributed by atoms with Crippen LogP contribution in [0.4, 0.5) is 0 Å². The van der Waals surface area contributed by atoms with E-state index in [0.717, 1.165) is 11.4 Å². The van der Waals surface area contributed by atoms with Crippen LogP contribution in [0.5, 0.6) is 0 Å². The van der Waals surface area contributed by atoms with Gasteiger partial charge in [-0.2, -0.15) is 0 Å². The molecule has 0 unspecified atom stereocenters. The number of rotatable bonds is 4. The Morgan fingerprint density at radius 2 is 2.25 bits per heavy atom. The molecule has 3 heterocycles. The molecule has 6 heteroatoms. The second-order valence-corrected chi connectivity index (χ2v) is 5.15. The molecule has 3 aromatic rings. The maximum atomic E-state index is 12.1. The van der Waals surface area contributed by atoms with Crippen molar-refractivity contribution in [3.8, 4) is 5.69 Å². The van der Waals surface area contributed by atoms with E-state index in [-0.39, 0.29) is 12.6 Å². The smallest absolute Gasteiger partial charge is 0.350 e.